The van der Waals surface area contributed by atoms with Gasteiger partial charge in [0, 0.05) is 31.4 Å². The first-order chi connectivity index (χ1) is 16.9. The molecule has 0 saturated heterocycles. The zero-order chi connectivity index (χ0) is 25.1. The summed E-state index contributed by atoms with van der Waals surface area (Å²) >= 11 is 0. The van der Waals surface area contributed by atoms with Crippen LogP contribution < -0.4 is 9.47 Å². The number of aromatic nitrogens is 2. The fraction of sp³-hybridized carbons (Fsp3) is 0.333. The van der Waals surface area contributed by atoms with Gasteiger partial charge in [-0.15, -0.1) is 0 Å². The molecule has 0 bridgehead atoms. The second-order valence-electron chi connectivity index (χ2n) is 8.60. The number of nitrogens with zero attached hydrogens (tertiary/aromatic N) is 2. The molecular weight excluding hydrogens is 446 g/mol. The molecule has 1 aliphatic rings. The molecule has 1 unspecified atom stereocenters. The van der Waals surface area contributed by atoms with E-state index < -0.39 is 6.04 Å². The van der Waals surface area contributed by atoms with Crippen LogP contribution in [0.15, 0.2) is 43.0 Å². The van der Waals surface area contributed by atoms with E-state index >= 15 is 0 Å². The molecule has 3 aromatic rings. The number of rotatable bonds is 10. The van der Waals surface area contributed by atoms with E-state index in [-0.39, 0.29) is 11.7 Å². The van der Waals surface area contributed by atoms with Gasteiger partial charge in [0.15, 0.2) is 11.5 Å². The van der Waals surface area contributed by atoms with Crippen LogP contribution in [0.5, 0.6) is 17.2 Å². The van der Waals surface area contributed by atoms with Crippen LogP contribution >= 0.6 is 0 Å². The first kappa shape index (κ1) is 24.3. The number of fused-ring (bicyclic) bond motifs is 1. The van der Waals surface area contributed by atoms with Crippen molar-refractivity contribution in [3.63, 3.8) is 0 Å². The van der Waals surface area contributed by atoms with Gasteiger partial charge in [-0.2, -0.15) is 5.10 Å². The third-order valence-electron chi connectivity index (χ3n) is 6.17. The molecule has 0 spiro atoms. The van der Waals surface area contributed by atoms with Crippen molar-refractivity contribution in [1.29, 1.82) is 0 Å². The molecule has 8 nitrogen and oxygen atoms in total. The van der Waals surface area contributed by atoms with Crippen molar-refractivity contribution < 1.29 is 24.1 Å². The molecule has 0 aliphatic carbocycles. The lowest BCUT2D eigenvalue weighted by atomic mass is 9.94. The van der Waals surface area contributed by atoms with Crippen molar-refractivity contribution in [1.82, 2.24) is 15.1 Å². The van der Waals surface area contributed by atoms with Gasteiger partial charge in [-0.3, -0.25) is 9.89 Å². The lowest BCUT2D eigenvalue weighted by molar-refractivity contribution is 0.0723. The summed E-state index contributed by atoms with van der Waals surface area (Å²) in [4.78, 5) is 15.3. The van der Waals surface area contributed by atoms with Crippen LogP contribution in [-0.2, 0) is 4.74 Å². The second kappa shape index (κ2) is 10.2. The Morgan fingerprint density at radius 2 is 2.00 bits per heavy atom. The SMILES string of the molecule is C=CCOc1ccc(C2c3c(-c4cc(C)cc(C)c4O)n[nH]c3C(=O)N2CCCOC)cc1OC. The summed E-state index contributed by atoms with van der Waals surface area (Å²) in [6, 6.07) is 9.02. The first-order valence-electron chi connectivity index (χ1n) is 11.5. The van der Waals surface area contributed by atoms with Gasteiger partial charge in [0.05, 0.1) is 13.2 Å². The minimum absolute atomic E-state index is 0.144. The first-order valence-corrected chi connectivity index (χ1v) is 11.5. The number of ether oxygens (including phenoxy) is 3. The monoisotopic (exact) mass is 477 g/mol. The molecule has 1 aliphatic heterocycles. The highest BCUT2D eigenvalue weighted by molar-refractivity contribution is 6.00. The van der Waals surface area contributed by atoms with Gasteiger partial charge in [-0.1, -0.05) is 24.8 Å². The number of methoxy groups -OCH3 is 2. The van der Waals surface area contributed by atoms with E-state index in [2.05, 4.69) is 16.8 Å². The summed E-state index contributed by atoms with van der Waals surface area (Å²) in [5, 5.41) is 18.3. The van der Waals surface area contributed by atoms with Crippen LogP contribution in [0.3, 0.4) is 0 Å². The average molecular weight is 478 g/mol. The van der Waals surface area contributed by atoms with Gasteiger partial charge in [0.25, 0.3) is 5.91 Å². The number of aromatic hydroxyl groups is 1. The van der Waals surface area contributed by atoms with Crippen LogP contribution in [0.2, 0.25) is 0 Å². The predicted octanol–water partition coefficient (Wildman–Crippen LogP) is 4.55. The van der Waals surface area contributed by atoms with E-state index in [0.29, 0.717) is 54.6 Å². The number of carbonyl (C=O) groups is 1. The zero-order valence-electron chi connectivity index (χ0n) is 20.6. The third kappa shape index (κ3) is 4.49. The molecule has 2 heterocycles. The number of hydrogen-bond acceptors (Lipinski definition) is 6. The van der Waals surface area contributed by atoms with Crippen LogP contribution in [0.25, 0.3) is 11.3 Å². The van der Waals surface area contributed by atoms with E-state index in [9.17, 15) is 9.90 Å². The minimum Gasteiger partial charge on any atom is -0.507 e. The van der Waals surface area contributed by atoms with Crippen molar-refractivity contribution >= 4 is 5.91 Å². The predicted molar refractivity (Wildman–Crippen MR) is 133 cm³/mol. The normalized spacial score (nSPS) is 14.8. The molecule has 0 saturated carbocycles. The second-order valence-corrected chi connectivity index (χ2v) is 8.60. The number of phenolic OH excluding ortho intramolecular Hbond substituents is 1. The Labute approximate surface area is 205 Å². The largest absolute Gasteiger partial charge is 0.507 e. The maximum atomic E-state index is 13.5. The average Bonchev–Trinajstić information content (AvgIpc) is 3.39. The molecule has 1 atom stereocenters. The smallest absolute Gasteiger partial charge is 0.273 e. The highest BCUT2D eigenvalue weighted by Gasteiger charge is 2.42. The Balaban J connectivity index is 1.86. The van der Waals surface area contributed by atoms with Crippen molar-refractivity contribution in [3.8, 4) is 28.5 Å². The molecule has 0 fully saturated rings. The fourth-order valence-corrected chi connectivity index (χ4v) is 4.62. The van der Waals surface area contributed by atoms with Crippen molar-refractivity contribution in [3.05, 3.63) is 70.9 Å². The van der Waals surface area contributed by atoms with Crippen LogP contribution in [0.1, 0.15) is 45.2 Å². The molecule has 35 heavy (non-hydrogen) atoms. The molecule has 2 aromatic carbocycles. The van der Waals surface area contributed by atoms with E-state index in [1.807, 2.05) is 49.1 Å². The van der Waals surface area contributed by atoms with Crippen molar-refractivity contribution in [2.45, 2.75) is 26.3 Å². The lowest BCUT2D eigenvalue weighted by Crippen LogP contribution is -2.31. The van der Waals surface area contributed by atoms with Gasteiger partial charge in [-0.25, -0.2) is 0 Å². The number of hydrogen-bond donors (Lipinski definition) is 2. The van der Waals surface area contributed by atoms with E-state index in [1.165, 1.54) is 0 Å². The Bertz CT molecular complexity index is 1250. The number of nitrogens with one attached hydrogen (secondary N) is 1. The molecule has 8 heteroatoms. The number of H-pyrrole nitrogens is 1. The van der Waals surface area contributed by atoms with Gasteiger partial charge in [0.1, 0.15) is 23.7 Å². The topological polar surface area (TPSA) is 96.9 Å². The molecule has 1 aromatic heterocycles. The van der Waals surface area contributed by atoms with E-state index in [1.54, 1.807) is 20.3 Å². The molecule has 0 radical (unpaired) electrons. The molecule has 4 rings (SSSR count). The maximum absolute atomic E-state index is 13.5. The quantitative estimate of drug-likeness (QED) is 0.328. The fourth-order valence-electron chi connectivity index (χ4n) is 4.62. The Hall–Kier alpha value is -3.78. The highest BCUT2D eigenvalue weighted by atomic mass is 16.5. The van der Waals surface area contributed by atoms with Crippen molar-refractivity contribution in [2.24, 2.45) is 0 Å². The van der Waals surface area contributed by atoms with E-state index in [0.717, 1.165) is 22.3 Å². The van der Waals surface area contributed by atoms with Gasteiger partial charge < -0.3 is 24.2 Å². The number of carbonyl (C=O) groups excluding carboxylic acids is 1. The number of aromatic amines is 1. The number of phenols is 1. The summed E-state index contributed by atoms with van der Waals surface area (Å²) in [5.74, 6) is 1.15. The number of aryl methyl sites for hydroxylation is 2. The maximum Gasteiger partial charge on any atom is 0.273 e. The molecule has 2 N–H and O–H groups in total. The number of amides is 1. The minimum atomic E-state index is -0.425. The summed E-state index contributed by atoms with van der Waals surface area (Å²) in [7, 11) is 3.22. The van der Waals surface area contributed by atoms with Crippen LogP contribution in [0.4, 0.5) is 0 Å². The number of benzene rings is 2. The summed E-state index contributed by atoms with van der Waals surface area (Å²) in [6.45, 7) is 8.89. The summed E-state index contributed by atoms with van der Waals surface area (Å²) < 4.78 is 16.5. The standard InChI is InChI=1S/C27H31N3O5/c1-6-11-35-20-9-8-18(15-21(20)34-5)25-22-23(19-14-16(2)13-17(3)26(19)31)28-29-24(22)27(32)30(25)10-7-12-33-4/h6,8-9,13-15,25,31H,1,7,10-12H2,2-5H3,(H,28,29). The zero-order valence-corrected chi connectivity index (χ0v) is 20.6. The lowest BCUT2D eigenvalue weighted by Gasteiger charge is -2.27. The Morgan fingerprint density at radius 3 is 2.71 bits per heavy atom. The van der Waals surface area contributed by atoms with Crippen molar-refractivity contribution in [2.75, 3.05) is 34.0 Å². The van der Waals surface area contributed by atoms with Crippen LogP contribution in [0, 0.1) is 13.8 Å². The third-order valence-corrected chi connectivity index (χ3v) is 6.17. The molecule has 1 amide bonds. The van der Waals surface area contributed by atoms with Crippen LogP contribution in [-0.4, -0.2) is 60.1 Å². The highest BCUT2D eigenvalue weighted by Crippen LogP contribution is 2.46. The van der Waals surface area contributed by atoms with E-state index in [4.69, 9.17) is 14.2 Å². The Kier molecular flexibility index (Phi) is 7.12. The Morgan fingerprint density at radius 1 is 1.20 bits per heavy atom. The molecular formula is C27H31N3O5. The summed E-state index contributed by atoms with van der Waals surface area (Å²) in [5.41, 5.74) is 4.90. The van der Waals surface area contributed by atoms with Gasteiger partial charge in [-0.05, 0) is 55.2 Å². The van der Waals surface area contributed by atoms with Gasteiger partial charge in [0.2, 0.25) is 0 Å². The van der Waals surface area contributed by atoms with Gasteiger partial charge >= 0.3 is 0 Å². The molecule has 184 valence electrons. The summed E-state index contributed by atoms with van der Waals surface area (Å²) in [6.07, 6.45) is 2.35.